The number of halogens is 2. The van der Waals surface area contributed by atoms with Gasteiger partial charge in [0.1, 0.15) is 0 Å². The molecule has 0 saturated carbocycles. The van der Waals surface area contributed by atoms with E-state index < -0.39 is 0 Å². The van der Waals surface area contributed by atoms with Crippen molar-refractivity contribution in [1.82, 2.24) is 0 Å². The first-order chi connectivity index (χ1) is 5.59. The molecule has 1 amide bonds. The topological polar surface area (TPSA) is 81.1 Å². The first-order valence-corrected chi connectivity index (χ1v) is 3.52. The summed E-state index contributed by atoms with van der Waals surface area (Å²) >= 11 is 0. The lowest BCUT2D eigenvalue weighted by molar-refractivity contribution is -0.114. The zero-order chi connectivity index (χ0) is 9.14. The lowest BCUT2D eigenvalue weighted by atomic mass is 10.2. The minimum Gasteiger partial charge on any atom is -0.397 e. The van der Waals surface area contributed by atoms with Gasteiger partial charge in [-0.2, -0.15) is 0 Å². The molecular formula is C8H13Cl2N3O. The Labute approximate surface area is 94.9 Å². The molecule has 1 rings (SSSR count). The quantitative estimate of drug-likeness (QED) is 0.650. The molecule has 0 heterocycles. The van der Waals surface area contributed by atoms with Crippen LogP contribution in [0, 0.1) is 0 Å². The van der Waals surface area contributed by atoms with Crippen LogP contribution < -0.4 is 16.8 Å². The van der Waals surface area contributed by atoms with Crippen molar-refractivity contribution in [2.45, 2.75) is 6.92 Å². The van der Waals surface area contributed by atoms with Crippen LogP contribution in [0.4, 0.5) is 17.1 Å². The van der Waals surface area contributed by atoms with Crippen LogP contribution in [-0.2, 0) is 4.79 Å². The largest absolute Gasteiger partial charge is 0.397 e. The number of carbonyl (C=O) groups excluding carboxylic acids is 1. The van der Waals surface area contributed by atoms with Crippen LogP contribution in [0.1, 0.15) is 6.92 Å². The Morgan fingerprint density at radius 2 is 1.79 bits per heavy atom. The lowest BCUT2D eigenvalue weighted by Gasteiger charge is -2.04. The van der Waals surface area contributed by atoms with E-state index in [1.807, 2.05) is 0 Å². The van der Waals surface area contributed by atoms with Crippen molar-refractivity contribution in [2.24, 2.45) is 0 Å². The molecule has 0 bridgehead atoms. The molecule has 0 unspecified atom stereocenters. The first-order valence-electron chi connectivity index (χ1n) is 3.52. The van der Waals surface area contributed by atoms with E-state index in [2.05, 4.69) is 5.32 Å². The molecule has 0 aliphatic rings. The number of amides is 1. The summed E-state index contributed by atoms with van der Waals surface area (Å²) in [7, 11) is 0. The van der Waals surface area contributed by atoms with Gasteiger partial charge in [-0.05, 0) is 18.2 Å². The van der Waals surface area contributed by atoms with E-state index in [9.17, 15) is 4.79 Å². The molecule has 0 aliphatic heterocycles. The van der Waals surface area contributed by atoms with Gasteiger partial charge >= 0.3 is 0 Å². The van der Waals surface area contributed by atoms with Crippen molar-refractivity contribution in [3.05, 3.63) is 18.2 Å². The molecule has 0 atom stereocenters. The zero-order valence-corrected chi connectivity index (χ0v) is 9.24. The molecule has 0 spiro atoms. The van der Waals surface area contributed by atoms with Gasteiger partial charge in [-0.15, -0.1) is 24.8 Å². The molecular weight excluding hydrogens is 225 g/mol. The molecule has 1 aromatic rings. The summed E-state index contributed by atoms with van der Waals surface area (Å²) in [5.41, 5.74) is 12.7. The van der Waals surface area contributed by atoms with Gasteiger partial charge in [-0.3, -0.25) is 4.79 Å². The van der Waals surface area contributed by atoms with Crippen molar-refractivity contribution in [3.63, 3.8) is 0 Å². The Kier molecular flexibility index (Phi) is 6.95. The van der Waals surface area contributed by atoms with Gasteiger partial charge in [0, 0.05) is 12.6 Å². The molecule has 5 N–H and O–H groups in total. The van der Waals surface area contributed by atoms with Gasteiger partial charge < -0.3 is 16.8 Å². The molecule has 0 radical (unpaired) electrons. The van der Waals surface area contributed by atoms with Gasteiger partial charge in [0.15, 0.2) is 0 Å². The van der Waals surface area contributed by atoms with Gasteiger partial charge in [-0.25, -0.2) is 0 Å². The highest BCUT2D eigenvalue weighted by atomic mass is 35.5. The Morgan fingerprint density at radius 1 is 1.21 bits per heavy atom. The van der Waals surface area contributed by atoms with Gasteiger partial charge in [0.05, 0.1) is 11.4 Å². The molecule has 0 saturated heterocycles. The minimum atomic E-state index is -0.126. The lowest BCUT2D eigenvalue weighted by Crippen LogP contribution is -2.06. The maximum Gasteiger partial charge on any atom is 0.221 e. The van der Waals surface area contributed by atoms with E-state index in [1.54, 1.807) is 18.2 Å². The normalized spacial score (nSPS) is 8.07. The van der Waals surface area contributed by atoms with E-state index in [0.29, 0.717) is 17.1 Å². The fourth-order valence-electron chi connectivity index (χ4n) is 0.856. The number of carbonyl (C=O) groups is 1. The third-order valence-electron chi connectivity index (χ3n) is 1.41. The Hall–Kier alpha value is -1.13. The van der Waals surface area contributed by atoms with Crippen LogP contribution >= 0.6 is 24.8 Å². The monoisotopic (exact) mass is 237 g/mol. The Balaban J connectivity index is 0. The van der Waals surface area contributed by atoms with Crippen LogP contribution in [0.5, 0.6) is 0 Å². The second-order valence-corrected chi connectivity index (χ2v) is 2.52. The number of nitrogens with two attached hydrogens (primary N) is 2. The number of anilines is 3. The van der Waals surface area contributed by atoms with E-state index in [-0.39, 0.29) is 30.7 Å². The van der Waals surface area contributed by atoms with Gasteiger partial charge in [-0.1, -0.05) is 0 Å². The third-order valence-corrected chi connectivity index (χ3v) is 1.41. The number of nitrogen functional groups attached to an aromatic ring is 2. The molecule has 0 fully saturated rings. The minimum absolute atomic E-state index is 0. The third kappa shape index (κ3) is 4.20. The predicted molar refractivity (Wildman–Crippen MR) is 64.1 cm³/mol. The fourth-order valence-corrected chi connectivity index (χ4v) is 0.856. The molecule has 6 heteroatoms. The summed E-state index contributed by atoms with van der Waals surface area (Å²) in [6.45, 7) is 1.44. The zero-order valence-electron chi connectivity index (χ0n) is 7.61. The maximum absolute atomic E-state index is 10.6. The smallest absolute Gasteiger partial charge is 0.221 e. The number of benzene rings is 1. The summed E-state index contributed by atoms with van der Waals surface area (Å²) in [4.78, 5) is 10.6. The molecule has 0 aromatic heterocycles. The van der Waals surface area contributed by atoms with Crippen molar-refractivity contribution < 1.29 is 4.79 Å². The summed E-state index contributed by atoms with van der Waals surface area (Å²) in [6, 6.07) is 4.98. The molecule has 80 valence electrons. The van der Waals surface area contributed by atoms with E-state index >= 15 is 0 Å². The van der Waals surface area contributed by atoms with Crippen LogP contribution in [0.2, 0.25) is 0 Å². The highest BCUT2D eigenvalue weighted by Crippen LogP contribution is 2.19. The molecule has 14 heavy (non-hydrogen) atoms. The Morgan fingerprint density at radius 3 is 2.21 bits per heavy atom. The van der Waals surface area contributed by atoms with Crippen LogP contribution in [0.15, 0.2) is 18.2 Å². The van der Waals surface area contributed by atoms with E-state index in [1.165, 1.54) is 6.92 Å². The van der Waals surface area contributed by atoms with Crippen molar-refractivity contribution in [3.8, 4) is 0 Å². The maximum atomic E-state index is 10.6. The van der Waals surface area contributed by atoms with Crippen LogP contribution in [-0.4, -0.2) is 5.91 Å². The van der Waals surface area contributed by atoms with Crippen molar-refractivity contribution in [2.75, 3.05) is 16.8 Å². The van der Waals surface area contributed by atoms with Gasteiger partial charge in [0.2, 0.25) is 5.91 Å². The summed E-state index contributed by atoms with van der Waals surface area (Å²) in [6.07, 6.45) is 0. The second kappa shape index (κ2) is 6.34. The number of hydrogen-bond acceptors (Lipinski definition) is 3. The number of nitrogens with one attached hydrogen (secondary N) is 1. The molecule has 4 nitrogen and oxygen atoms in total. The number of rotatable bonds is 1. The number of hydrogen-bond donors (Lipinski definition) is 3. The van der Waals surface area contributed by atoms with Crippen molar-refractivity contribution >= 4 is 47.8 Å². The van der Waals surface area contributed by atoms with E-state index in [0.717, 1.165) is 0 Å². The molecule has 0 aliphatic carbocycles. The van der Waals surface area contributed by atoms with Crippen LogP contribution in [0.3, 0.4) is 0 Å². The predicted octanol–water partition coefficient (Wildman–Crippen LogP) is 1.65. The highest BCUT2D eigenvalue weighted by molar-refractivity contribution is 5.90. The highest BCUT2D eigenvalue weighted by Gasteiger charge is 1.97. The first kappa shape index (κ1) is 15.3. The Bertz CT molecular complexity index is 317. The van der Waals surface area contributed by atoms with Crippen molar-refractivity contribution in [1.29, 1.82) is 0 Å². The average Bonchev–Trinajstić information content (AvgIpc) is 1.96. The summed E-state index contributed by atoms with van der Waals surface area (Å²) in [5.74, 6) is -0.126. The fraction of sp³-hybridized carbons (Fsp3) is 0.125. The summed E-state index contributed by atoms with van der Waals surface area (Å²) < 4.78 is 0. The SMILES string of the molecule is CC(=O)Nc1ccc(N)c(N)c1.Cl.Cl. The van der Waals surface area contributed by atoms with Gasteiger partial charge in [0.25, 0.3) is 0 Å². The van der Waals surface area contributed by atoms with E-state index in [4.69, 9.17) is 11.5 Å². The second-order valence-electron chi connectivity index (χ2n) is 2.52. The molecule has 1 aromatic carbocycles. The summed E-state index contributed by atoms with van der Waals surface area (Å²) in [5, 5.41) is 2.60. The average molecular weight is 238 g/mol. The standard InChI is InChI=1S/C8H11N3O.2ClH/c1-5(12)11-6-2-3-7(9)8(10)4-6;;/h2-4H,9-10H2,1H3,(H,11,12);2*1H. The van der Waals surface area contributed by atoms with Crippen LogP contribution in [0.25, 0.3) is 0 Å².